The van der Waals surface area contributed by atoms with Crippen LogP contribution >= 0.6 is 0 Å². The molecule has 5 heteroatoms. The molecule has 0 bridgehead atoms. The van der Waals surface area contributed by atoms with Gasteiger partial charge >= 0.3 is 12.0 Å². The number of nitrogens with one attached hydrogen (secondary N) is 2. The van der Waals surface area contributed by atoms with Crippen molar-refractivity contribution in [3.8, 4) is 0 Å². The maximum Gasteiger partial charge on any atom is 0.335 e. The predicted molar refractivity (Wildman–Crippen MR) is 84.7 cm³/mol. The van der Waals surface area contributed by atoms with Gasteiger partial charge in [0.25, 0.3) is 0 Å². The molecule has 0 saturated heterocycles. The lowest BCUT2D eigenvalue weighted by atomic mass is 9.66. The summed E-state index contributed by atoms with van der Waals surface area (Å²) in [6.07, 6.45) is 2.06. The van der Waals surface area contributed by atoms with Crippen LogP contribution in [0.25, 0.3) is 0 Å². The van der Waals surface area contributed by atoms with E-state index in [2.05, 4.69) is 31.4 Å². The molecule has 1 aromatic rings. The van der Waals surface area contributed by atoms with E-state index in [1.165, 1.54) is 12.1 Å². The summed E-state index contributed by atoms with van der Waals surface area (Å²) >= 11 is 0. The van der Waals surface area contributed by atoms with Gasteiger partial charge in [-0.25, -0.2) is 9.59 Å². The first-order valence-electron chi connectivity index (χ1n) is 7.62. The fourth-order valence-corrected chi connectivity index (χ4v) is 2.63. The van der Waals surface area contributed by atoms with E-state index in [4.69, 9.17) is 5.11 Å². The quantitative estimate of drug-likeness (QED) is 0.800. The third-order valence-corrected chi connectivity index (χ3v) is 4.35. The molecule has 1 fully saturated rings. The number of carboxylic acids is 1. The summed E-state index contributed by atoms with van der Waals surface area (Å²) in [7, 11) is 0. The average molecular weight is 304 g/mol. The number of carbonyl (C=O) groups excluding carboxylic acids is 1. The highest BCUT2D eigenvalue weighted by Gasteiger charge is 2.37. The average Bonchev–Trinajstić information content (AvgIpc) is 2.39. The van der Waals surface area contributed by atoms with Crippen LogP contribution in [0.5, 0.6) is 0 Å². The molecular formula is C17H24N2O3. The van der Waals surface area contributed by atoms with E-state index in [0.717, 1.165) is 18.4 Å². The number of rotatable bonds is 4. The van der Waals surface area contributed by atoms with E-state index >= 15 is 0 Å². The third-order valence-electron chi connectivity index (χ3n) is 4.35. The summed E-state index contributed by atoms with van der Waals surface area (Å²) < 4.78 is 0. The van der Waals surface area contributed by atoms with Crippen molar-refractivity contribution < 1.29 is 14.7 Å². The van der Waals surface area contributed by atoms with Gasteiger partial charge in [0, 0.05) is 12.6 Å². The Morgan fingerprint density at radius 2 is 1.77 bits per heavy atom. The largest absolute Gasteiger partial charge is 0.478 e. The molecule has 2 rings (SSSR count). The summed E-state index contributed by atoms with van der Waals surface area (Å²) in [5.74, 6) is -0.281. The first-order chi connectivity index (χ1) is 10.3. The molecule has 0 heterocycles. The summed E-state index contributed by atoms with van der Waals surface area (Å²) in [4.78, 5) is 22.6. The number of benzene rings is 1. The second-order valence-corrected chi connectivity index (χ2v) is 7.06. The van der Waals surface area contributed by atoms with Crippen LogP contribution in [0.2, 0.25) is 0 Å². The number of aromatic carboxylic acids is 1. The van der Waals surface area contributed by atoms with Crippen LogP contribution in [0.1, 0.15) is 49.5 Å². The number of hydrogen-bond donors (Lipinski definition) is 3. The smallest absolute Gasteiger partial charge is 0.335 e. The van der Waals surface area contributed by atoms with Crippen molar-refractivity contribution >= 4 is 12.0 Å². The maximum absolute atomic E-state index is 11.8. The third kappa shape index (κ3) is 4.23. The zero-order valence-electron chi connectivity index (χ0n) is 13.3. The molecule has 0 atom stereocenters. The molecule has 1 aromatic carbocycles. The zero-order valence-corrected chi connectivity index (χ0v) is 13.3. The normalized spacial score (nSPS) is 20.9. The standard InChI is InChI=1S/C17H24N2O3/c1-17(2,3)13-8-14(9-13)19-16(22)18-10-11-4-6-12(7-5-11)15(20)21/h4-7,13-14H,8-10H2,1-3H3,(H,20,21)(H2,18,19,22). The molecule has 3 N–H and O–H groups in total. The molecule has 0 unspecified atom stereocenters. The molecule has 0 spiro atoms. The molecule has 0 aromatic heterocycles. The highest BCUT2D eigenvalue weighted by molar-refractivity contribution is 5.87. The Hall–Kier alpha value is -2.04. The highest BCUT2D eigenvalue weighted by atomic mass is 16.4. The molecule has 5 nitrogen and oxygen atoms in total. The van der Waals surface area contributed by atoms with E-state index in [0.29, 0.717) is 17.9 Å². The molecule has 0 aliphatic heterocycles. The van der Waals surface area contributed by atoms with Gasteiger partial charge in [-0.05, 0) is 41.9 Å². The molecule has 0 radical (unpaired) electrons. The van der Waals surface area contributed by atoms with Gasteiger partial charge in [0.05, 0.1) is 5.56 Å². The zero-order chi connectivity index (χ0) is 16.3. The van der Waals surface area contributed by atoms with Gasteiger partial charge < -0.3 is 15.7 Å². The fourth-order valence-electron chi connectivity index (χ4n) is 2.63. The number of carbonyl (C=O) groups is 2. The van der Waals surface area contributed by atoms with E-state index in [-0.39, 0.29) is 17.6 Å². The van der Waals surface area contributed by atoms with Gasteiger partial charge in [-0.3, -0.25) is 0 Å². The van der Waals surface area contributed by atoms with Crippen LogP contribution < -0.4 is 10.6 Å². The number of carboxylic acid groups (broad SMARTS) is 1. The minimum atomic E-state index is -0.948. The molecule has 1 aliphatic rings. The highest BCUT2D eigenvalue weighted by Crippen LogP contribution is 2.41. The van der Waals surface area contributed by atoms with Crippen molar-refractivity contribution in [1.29, 1.82) is 0 Å². The van der Waals surface area contributed by atoms with Crippen molar-refractivity contribution in [1.82, 2.24) is 10.6 Å². The maximum atomic E-state index is 11.8. The van der Waals surface area contributed by atoms with Crippen LogP contribution in [-0.4, -0.2) is 23.1 Å². The first kappa shape index (κ1) is 16.3. The molecular weight excluding hydrogens is 280 g/mol. The lowest BCUT2D eigenvalue weighted by molar-refractivity contribution is 0.0697. The second kappa shape index (κ2) is 6.38. The SMILES string of the molecule is CC(C)(C)C1CC(NC(=O)NCc2ccc(C(=O)O)cc2)C1. The van der Waals surface area contributed by atoms with Crippen LogP contribution in [0.3, 0.4) is 0 Å². The fraction of sp³-hybridized carbons (Fsp3) is 0.529. The van der Waals surface area contributed by atoms with Gasteiger partial charge in [0.2, 0.25) is 0 Å². The van der Waals surface area contributed by atoms with Crippen molar-refractivity contribution in [2.45, 2.75) is 46.2 Å². The number of amides is 2. The van der Waals surface area contributed by atoms with Gasteiger partial charge in [0.15, 0.2) is 0 Å². The Morgan fingerprint density at radius 3 is 2.27 bits per heavy atom. The topological polar surface area (TPSA) is 78.4 Å². The summed E-state index contributed by atoms with van der Waals surface area (Å²) in [6, 6.07) is 6.60. The number of hydrogen-bond acceptors (Lipinski definition) is 2. The van der Waals surface area contributed by atoms with Crippen LogP contribution in [0, 0.1) is 11.3 Å². The Labute approximate surface area is 131 Å². The van der Waals surface area contributed by atoms with Gasteiger partial charge in [-0.2, -0.15) is 0 Å². The lowest BCUT2D eigenvalue weighted by Gasteiger charge is -2.43. The van der Waals surface area contributed by atoms with Gasteiger partial charge in [-0.1, -0.05) is 32.9 Å². The summed E-state index contributed by atoms with van der Waals surface area (Å²) in [5.41, 5.74) is 1.43. The van der Waals surface area contributed by atoms with Crippen molar-refractivity contribution in [3.05, 3.63) is 35.4 Å². The molecule has 1 saturated carbocycles. The van der Waals surface area contributed by atoms with E-state index in [1.807, 2.05) is 0 Å². The molecule has 1 aliphatic carbocycles. The van der Waals surface area contributed by atoms with E-state index in [9.17, 15) is 9.59 Å². The van der Waals surface area contributed by atoms with Gasteiger partial charge in [0.1, 0.15) is 0 Å². The van der Waals surface area contributed by atoms with E-state index in [1.54, 1.807) is 12.1 Å². The van der Waals surface area contributed by atoms with Crippen LogP contribution in [0.15, 0.2) is 24.3 Å². The minimum absolute atomic E-state index is 0.167. The second-order valence-electron chi connectivity index (χ2n) is 7.06. The Morgan fingerprint density at radius 1 is 1.18 bits per heavy atom. The minimum Gasteiger partial charge on any atom is -0.478 e. The van der Waals surface area contributed by atoms with Crippen molar-refractivity contribution in [2.24, 2.45) is 11.3 Å². The molecule has 120 valence electrons. The molecule has 2 amide bonds. The van der Waals surface area contributed by atoms with Crippen LogP contribution in [0.4, 0.5) is 4.79 Å². The van der Waals surface area contributed by atoms with E-state index < -0.39 is 5.97 Å². The first-order valence-corrected chi connectivity index (χ1v) is 7.62. The van der Waals surface area contributed by atoms with Gasteiger partial charge in [-0.15, -0.1) is 0 Å². The monoisotopic (exact) mass is 304 g/mol. The summed E-state index contributed by atoms with van der Waals surface area (Å²) in [6.45, 7) is 7.08. The van der Waals surface area contributed by atoms with Crippen molar-refractivity contribution in [3.63, 3.8) is 0 Å². The Balaban J connectivity index is 1.71. The lowest BCUT2D eigenvalue weighted by Crippen LogP contribution is -2.50. The van der Waals surface area contributed by atoms with Crippen molar-refractivity contribution in [2.75, 3.05) is 0 Å². The predicted octanol–water partition coefficient (Wildman–Crippen LogP) is 3.01. The Bertz CT molecular complexity index is 540. The summed E-state index contributed by atoms with van der Waals surface area (Å²) in [5, 5.41) is 14.6. The molecule has 22 heavy (non-hydrogen) atoms. The Kier molecular flexibility index (Phi) is 4.74. The van der Waals surface area contributed by atoms with Crippen LogP contribution in [-0.2, 0) is 6.54 Å². The number of urea groups is 1.